The van der Waals surface area contributed by atoms with Crippen LogP contribution in [0.3, 0.4) is 0 Å². The molecule has 1 aromatic carbocycles. The molecule has 2 rings (SSSR count). The Morgan fingerprint density at radius 2 is 1.95 bits per heavy atom. The van der Waals surface area contributed by atoms with E-state index in [1.165, 1.54) is 5.56 Å². The number of methoxy groups -OCH3 is 1. The molecule has 1 aliphatic heterocycles. The largest absolute Gasteiger partial charge is 0.384 e. The van der Waals surface area contributed by atoms with Gasteiger partial charge in [-0.2, -0.15) is 0 Å². The lowest BCUT2D eigenvalue weighted by Gasteiger charge is -2.36. The third-order valence-corrected chi connectivity index (χ3v) is 4.39. The van der Waals surface area contributed by atoms with Crippen molar-refractivity contribution >= 4 is 5.91 Å². The summed E-state index contributed by atoms with van der Waals surface area (Å²) < 4.78 is 5.32. The molecule has 0 aliphatic carbocycles. The van der Waals surface area contributed by atoms with Crippen molar-refractivity contribution < 1.29 is 9.53 Å². The van der Waals surface area contributed by atoms with E-state index in [2.05, 4.69) is 41.8 Å². The Kier molecular flexibility index (Phi) is 5.37. The van der Waals surface area contributed by atoms with E-state index < -0.39 is 0 Å². The molecule has 1 amide bonds. The van der Waals surface area contributed by atoms with Gasteiger partial charge in [0.15, 0.2) is 0 Å². The lowest BCUT2D eigenvalue weighted by Crippen LogP contribution is -2.50. The fraction of sp³-hybridized carbons (Fsp3) is 0.588. The van der Waals surface area contributed by atoms with Crippen LogP contribution in [0.15, 0.2) is 24.3 Å². The quantitative estimate of drug-likeness (QED) is 0.874. The van der Waals surface area contributed by atoms with Crippen LogP contribution in [-0.4, -0.2) is 32.7 Å². The molecule has 1 heterocycles. The maximum Gasteiger partial charge on any atom is 0.229 e. The van der Waals surface area contributed by atoms with Crippen LogP contribution < -0.4 is 10.6 Å². The number of hydrogen-bond acceptors (Lipinski definition) is 3. The monoisotopic (exact) mass is 290 g/mol. The number of carbonyl (C=O) groups excluding carboxylic acids is 1. The van der Waals surface area contributed by atoms with Crippen LogP contribution in [0, 0.1) is 12.3 Å². The van der Waals surface area contributed by atoms with Crippen LogP contribution in [0.25, 0.3) is 0 Å². The predicted octanol–water partition coefficient (Wildman–Crippen LogP) is 2.19. The Morgan fingerprint density at radius 3 is 2.52 bits per heavy atom. The number of nitrogens with one attached hydrogen (secondary N) is 2. The van der Waals surface area contributed by atoms with Crippen molar-refractivity contribution in [2.75, 3.05) is 26.8 Å². The summed E-state index contributed by atoms with van der Waals surface area (Å²) >= 11 is 0. The predicted molar refractivity (Wildman–Crippen MR) is 84.1 cm³/mol. The fourth-order valence-corrected chi connectivity index (χ4v) is 2.91. The van der Waals surface area contributed by atoms with Crippen LogP contribution in [0.1, 0.15) is 36.9 Å². The molecule has 0 spiro atoms. The summed E-state index contributed by atoms with van der Waals surface area (Å²) in [7, 11) is 1.67. The maximum absolute atomic E-state index is 12.7. The number of carbonyl (C=O) groups is 1. The summed E-state index contributed by atoms with van der Waals surface area (Å²) in [6, 6.07) is 8.32. The smallest absolute Gasteiger partial charge is 0.229 e. The Balaban J connectivity index is 2.05. The molecule has 0 aromatic heterocycles. The molecular weight excluding hydrogens is 264 g/mol. The Bertz CT molecular complexity index is 459. The molecule has 116 valence electrons. The molecule has 2 N–H and O–H groups in total. The van der Waals surface area contributed by atoms with Crippen molar-refractivity contribution in [3.8, 4) is 0 Å². The van der Waals surface area contributed by atoms with Crippen LogP contribution >= 0.6 is 0 Å². The Morgan fingerprint density at radius 1 is 1.33 bits per heavy atom. The topological polar surface area (TPSA) is 50.4 Å². The molecule has 0 radical (unpaired) electrons. The zero-order valence-electron chi connectivity index (χ0n) is 13.2. The van der Waals surface area contributed by atoms with E-state index in [-0.39, 0.29) is 17.4 Å². The second-order valence-corrected chi connectivity index (χ2v) is 6.07. The van der Waals surface area contributed by atoms with Gasteiger partial charge in [-0.3, -0.25) is 4.79 Å². The van der Waals surface area contributed by atoms with Gasteiger partial charge in [0.05, 0.1) is 18.1 Å². The molecular formula is C17H26N2O2. The zero-order chi connectivity index (χ0) is 15.3. The molecule has 21 heavy (non-hydrogen) atoms. The molecule has 4 nitrogen and oxygen atoms in total. The van der Waals surface area contributed by atoms with Crippen molar-refractivity contribution in [1.29, 1.82) is 0 Å². The summed E-state index contributed by atoms with van der Waals surface area (Å²) in [6.45, 7) is 6.33. The minimum absolute atomic E-state index is 0.0155. The van der Waals surface area contributed by atoms with Crippen LogP contribution in [0.2, 0.25) is 0 Å². The number of piperidine rings is 1. The third-order valence-electron chi connectivity index (χ3n) is 4.39. The number of rotatable bonds is 5. The van der Waals surface area contributed by atoms with Crippen LogP contribution in [-0.2, 0) is 9.53 Å². The highest BCUT2D eigenvalue weighted by atomic mass is 16.5. The van der Waals surface area contributed by atoms with Crippen molar-refractivity contribution in [3.05, 3.63) is 35.4 Å². The normalized spacial score (nSPS) is 19.0. The van der Waals surface area contributed by atoms with Crippen LogP contribution in [0.5, 0.6) is 0 Å². The zero-order valence-corrected chi connectivity index (χ0v) is 13.2. The highest BCUT2D eigenvalue weighted by Crippen LogP contribution is 2.30. The average Bonchev–Trinajstić information content (AvgIpc) is 2.49. The molecule has 4 heteroatoms. The summed E-state index contributed by atoms with van der Waals surface area (Å²) in [4.78, 5) is 12.7. The fourth-order valence-electron chi connectivity index (χ4n) is 2.91. The second kappa shape index (κ2) is 7.05. The molecule has 1 saturated heterocycles. The SMILES string of the molecule is COCC1(C(=O)N[C@@H](C)c2ccc(C)cc2)CCNCC1. The van der Waals surface area contributed by atoms with Crippen molar-refractivity contribution in [2.45, 2.75) is 32.7 Å². The van der Waals surface area contributed by atoms with Crippen molar-refractivity contribution in [1.82, 2.24) is 10.6 Å². The van der Waals surface area contributed by atoms with Crippen molar-refractivity contribution in [2.24, 2.45) is 5.41 Å². The Hall–Kier alpha value is -1.39. The van der Waals surface area contributed by atoms with Gasteiger partial charge in [0.1, 0.15) is 0 Å². The summed E-state index contributed by atoms with van der Waals surface area (Å²) in [6.07, 6.45) is 1.65. The molecule has 0 unspecified atom stereocenters. The summed E-state index contributed by atoms with van der Waals surface area (Å²) in [5.74, 6) is 0.110. The van der Waals surface area contributed by atoms with E-state index >= 15 is 0 Å². The van der Waals surface area contributed by atoms with Gasteiger partial charge in [-0.05, 0) is 45.3 Å². The van der Waals surface area contributed by atoms with Gasteiger partial charge in [-0.25, -0.2) is 0 Å². The molecule has 1 fully saturated rings. The number of hydrogen-bond donors (Lipinski definition) is 2. The second-order valence-electron chi connectivity index (χ2n) is 6.07. The highest BCUT2D eigenvalue weighted by Gasteiger charge is 2.40. The first-order valence-electron chi connectivity index (χ1n) is 7.64. The first kappa shape index (κ1) is 16.0. The summed E-state index contributed by atoms with van der Waals surface area (Å²) in [5, 5.41) is 6.47. The average molecular weight is 290 g/mol. The van der Waals surface area contributed by atoms with Gasteiger partial charge < -0.3 is 15.4 Å². The molecule has 0 bridgehead atoms. The van der Waals surface area contributed by atoms with Crippen LogP contribution in [0.4, 0.5) is 0 Å². The van der Waals surface area contributed by atoms with Gasteiger partial charge in [0.2, 0.25) is 5.91 Å². The minimum atomic E-state index is -0.390. The van der Waals surface area contributed by atoms with Gasteiger partial charge in [-0.15, -0.1) is 0 Å². The number of aryl methyl sites for hydroxylation is 1. The van der Waals surface area contributed by atoms with E-state index in [9.17, 15) is 4.79 Å². The number of benzene rings is 1. The number of ether oxygens (including phenoxy) is 1. The Labute approximate surface area is 127 Å². The molecule has 0 saturated carbocycles. The van der Waals surface area contributed by atoms with E-state index in [0.29, 0.717) is 6.61 Å². The third kappa shape index (κ3) is 3.83. The van der Waals surface area contributed by atoms with Gasteiger partial charge >= 0.3 is 0 Å². The van der Waals surface area contributed by atoms with Crippen molar-refractivity contribution in [3.63, 3.8) is 0 Å². The number of amides is 1. The highest BCUT2D eigenvalue weighted by molar-refractivity contribution is 5.83. The van der Waals surface area contributed by atoms with E-state index in [1.807, 2.05) is 6.92 Å². The van der Waals surface area contributed by atoms with Gasteiger partial charge in [0, 0.05) is 7.11 Å². The first-order valence-corrected chi connectivity index (χ1v) is 7.64. The maximum atomic E-state index is 12.7. The lowest BCUT2D eigenvalue weighted by atomic mass is 9.78. The van der Waals surface area contributed by atoms with Gasteiger partial charge in [0.25, 0.3) is 0 Å². The lowest BCUT2D eigenvalue weighted by molar-refractivity contribution is -0.136. The molecule has 1 aromatic rings. The minimum Gasteiger partial charge on any atom is -0.384 e. The van der Waals surface area contributed by atoms with E-state index in [4.69, 9.17) is 4.74 Å². The van der Waals surface area contributed by atoms with Gasteiger partial charge in [-0.1, -0.05) is 29.8 Å². The molecule has 1 aliphatic rings. The first-order chi connectivity index (χ1) is 10.1. The molecule has 1 atom stereocenters. The standard InChI is InChI=1S/C17H26N2O2/c1-13-4-6-15(7-5-13)14(2)19-16(20)17(12-21-3)8-10-18-11-9-17/h4-7,14,18H,8-12H2,1-3H3,(H,19,20)/t14-/m0/s1. The van der Waals surface area contributed by atoms with E-state index in [1.54, 1.807) is 7.11 Å². The van der Waals surface area contributed by atoms with E-state index in [0.717, 1.165) is 31.5 Å². The summed E-state index contributed by atoms with van der Waals surface area (Å²) in [5.41, 5.74) is 1.97.